The van der Waals surface area contributed by atoms with Gasteiger partial charge in [-0.3, -0.25) is 5.84 Å². The molecule has 1 aromatic rings. The van der Waals surface area contributed by atoms with Crippen LogP contribution in [0, 0.1) is 0 Å². The maximum absolute atomic E-state index is 12.8. The molecule has 0 unspecified atom stereocenters. The number of halogens is 2. The molecule has 0 spiro atoms. The second-order valence-corrected chi connectivity index (χ2v) is 2.93. The van der Waals surface area contributed by atoms with Gasteiger partial charge in [-0.25, -0.2) is 13.6 Å². The highest BCUT2D eigenvalue weighted by molar-refractivity contribution is 5.93. The van der Waals surface area contributed by atoms with E-state index in [2.05, 4.69) is 10.2 Å². The van der Waals surface area contributed by atoms with Crippen molar-refractivity contribution in [3.8, 4) is 0 Å². The molecule has 88 valence electrons. The zero-order valence-corrected chi connectivity index (χ0v) is 8.67. The number of esters is 1. The second kappa shape index (κ2) is 5.41. The van der Waals surface area contributed by atoms with E-state index in [1.54, 1.807) is 6.92 Å². The summed E-state index contributed by atoms with van der Waals surface area (Å²) in [6.07, 6.45) is -2.80. The Balaban J connectivity index is 3.22. The van der Waals surface area contributed by atoms with E-state index >= 15 is 0 Å². The largest absolute Gasteiger partial charge is 0.462 e. The lowest BCUT2D eigenvalue weighted by Crippen LogP contribution is -2.14. The number of hydrogen-bond acceptors (Lipinski definition) is 4. The number of hydrazine groups is 1. The van der Waals surface area contributed by atoms with Crippen LogP contribution in [0.4, 0.5) is 14.5 Å². The van der Waals surface area contributed by atoms with Gasteiger partial charge in [0.25, 0.3) is 6.43 Å². The Morgan fingerprint density at radius 2 is 2.25 bits per heavy atom. The van der Waals surface area contributed by atoms with E-state index in [1.807, 2.05) is 0 Å². The summed E-state index contributed by atoms with van der Waals surface area (Å²) in [7, 11) is 0. The summed E-state index contributed by atoms with van der Waals surface area (Å²) in [6, 6.07) is 4.10. The van der Waals surface area contributed by atoms with E-state index in [0.29, 0.717) is 0 Å². The highest BCUT2D eigenvalue weighted by Crippen LogP contribution is 2.30. The Bertz CT molecular complexity index is 383. The molecule has 0 fully saturated rings. The van der Waals surface area contributed by atoms with Crippen molar-refractivity contribution in [1.29, 1.82) is 0 Å². The molecule has 0 saturated heterocycles. The second-order valence-electron chi connectivity index (χ2n) is 2.93. The molecule has 0 aliphatic rings. The van der Waals surface area contributed by atoms with Crippen LogP contribution in [0.1, 0.15) is 29.3 Å². The van der Waals surface area contributed by atoms with Crippen LogP contribution >= 0.6 is 0 Å². The maximum Gasteiger partial charge on any atom is 0.338 e. The van der Waals surface area contributed by atoms with Crippen molar-refractivity contribution in [3.05, 3.63) is 29.3 Å². The number of carbonyl (C=O) groups is 1. The molecule has 0 bridgehead atoms. The topological polar surface area (TPSA) is 64.3 Å². The van der Waals surface area contributed by atoms with Gasteiger partial charge in [-0.2, -0.15) is 0 Å². The first kappa shape index (κ1) is 12.4. The molecule has 6 heteroatoms. The number of anilines is 1. The highest BCUT2D eigenvalue weighted by atomic mass is 19.3. The summed E-state index contributed by atoms with van der Waals surface area (Å²) in [5.41, 5.74) is 1.53. The van der Waals surface area contributed by atoms with Crippen molar-refractivity contribution in [1.82, 2.24) is 0 Å². The Kier molecular flexibility index (Phi) is 4.19. The Morgan fingerprint density at radius 1 is 1.56 bits per heavy atom. The Labute approximate surface area is 91.4 Å². The van der Waals surface area contributed by atoms with Crippen LogP contribution in [-0.4, -0.2) is 12.6 Å². The van der Waals surface area contributed by atoms with Crippen LogP contribution in [0.2, 0.25) is 0 Å². The smallest absolute Gasteiger partial charge is 0.338 e. The van der Waals surface area contributed by atoms with E-state index in [-0.39, 0.29) is 17.9 Å². The molecule has 3 N–H and O–H groups in total. The van der Waals surface area contributed by atoms with Gasteiger partial charge in [0, 0.05) is 0 Å². The van der Waals surface area contributed by atoms with Gasteiger partial charge >= 0.3 is 5.97 Å². The van der Waals surface area contributed by atoms with Crippen LogP contribution in [0.3, 0.4) is 0 Å². The summed E-state index contributed by atoms with van der Waals surface area (Å²) < 4.78 is 30.2. The zero-order chi connectivity index (χ0) is 12.1. The van der Waals surface area contributed by atoms with Gasteiger partial charge < -0.3 is 10.2 Å². The third kappa shape index (κ3) is 2.46. The van der Waals surface area contributed by atoms with Crippen molar-refractivity contribution in [2.45, 2.75) is 13.3 Å². The summed E-state index contributed by atoms with van der Waals surface area (Å²) in [5.74, 6) is 4.31. The predicted octanol–water partition coefficient (Wildman–Crippen LogP) is 2.09. The molecule has 0 aliphatic heterocycles. The fourth-order valence-electron chi connectivity index (χ4n) is 1.31. The number of nitrogen functional groups attached to an aromatic ring is 1. The van der Waals surface area contributed by atoms with Gasteiger partial charge in [0.05, 0.1) is 23.4 Å². The quantitative estimate of drug-likeness (QED) is 0.472. The number of nitrogens with one attached hydrogen (secondary N) is 1. The molecule has 0 heterocycles. The van der Waals surface area contributed by atoms with E-state index in [4.69, 9.17) is 5.84 Å². The number of hydrogen-bond donors (Lipinski definition) is 2. The lowest BCUT2D eigenvalue weighted by atomic mass is 10.1. The molecular weight excluding hydrogens is 218 g/mol. The third-order valence-corrected chi connectivity index (χ3v) is 1.98. The van der Waals surface area contributed by atoms with Crippen molar-refractivity contribution < 1.29 is 18.3 Å². The minimum absolute atomic E-state index is 0.0144. The predicted molar refractivity (Wildman–Crippen MR) is 55.2 cm³/mol. The van der Waals surface area contributed by atoms with Gasteiger partial charge in [-0.05, 0) is 19.1 Å². The summed E-state index contributed by atoms with van der Waals surface area (Å²) in [6.45, 7) is 1.73. The summed E-state index contributed by atoms with van der Waals surface area (Å²) in [5, 5.41) is 0. The molecule has 0 saturated carbocycles. The average molecular weight is 230 g/mol. The molecule has 0 amide bonds. The van der Waals surface area contributed by atoms with Crippen LogP contribution in [0.15, 0.2) is 18.2 Å². The van der Waals surface area contributed by atoms with E-state index in [0.717, 1.165) is 0 Å². The fourth-order valence-corrected chi connectivity index (χ4v) is 1.31. The molecule has 0 radical (unpaired) electrons. The SMILES string of the molecule is CCOC(=O)c1cccc(NN)c1C(F)F. The maximum atomic E-state index is 12.8. The van der Waals surface area contributed by atoms with E-state index in [9.17, 15) is 13.6 Å². The van der Waals surface area contributed by atoms with E-state index in [1.165, 1.54) is 18.2 Å². The van der Waals surface area contributed by atoms with E-state index < -0.39 is 18.0 Å². The summed E-state index contributed by atoms with van der Waals surface area (Å²) >= 11 is 0. The zero-order valence-electron chi connectivity index (χ0n) is 8.67. The monoisotopic (exact) mass is 230 g/mol. The van der Waals surface area contributed by atoms with Crippen LogP contribution in [-0.2, 0) is 4.74 Å². The molecule has 4 nitrogen and oxygen atoms in total. The highest BCUT2D eigenvalue weighted by Gasteiger charge is 2.22. The van der Waals surface area contributed by atoms with Crippen molar-refractivity contribution in [3.63, 3.8) is 0 Å². The minimum Gasteiger partial charge on any atom is -0.462 e. The molecular formula is C10H12F2N2O2. The Hall–Kier alpha value is -1.69. The number of benzene rings is 1. The van der Waals surface area contributed by atoms with Crippen molar-refractivity contribution >= 4 is 11.7 Å². The molecule has 1 rings (SSSR count). The molecule has 0 aromatic heterocycles. The molecule has 16 heavy (non-hydrogen) atoms. The lowest BCUT2D eigenvalue weighted by molar-refractivity contribution is 0.0515. The van der Waals surface area contributed by atoms with Crippen LogP contribution in [0.25, 0.3) is 0 Å². The minimum atomic E-state index is -2.80. The fraction of sp³-hybridized carbons (Fsp3) is 0.300. The number of ether oxygens (including phenoxy) is 1. The molecule has 0 atom stereocenters. The van der Waals surface area contributed by atoms with Gasteiger partial charge in [-0.15, -0.1) is 0 Å². The number of alkyl halides is 2. The standard InChI is InChI=1S/C10H12F2N2O2/c1-2-16-10(15)6-4-3-5-7(14-13)8(6)9(11)12/h3-5,9,14H,2,13H2,1H3. The lowest BCUT2D eigenvalue weighted by Gasteiger charge is -2.12. The molecule has 0 aliphatic carbocycles. The van der Waals surface area contributed by atoms with Gasteiger partial charge in [0.2, 0.25) is 0 Å². The Morgan fingerprint density at radius 3 is 2.75 bits per heavy atom. The first-order valence-corrected chi connectivity index (χ1v) is 4.66. The normalized spacial score (nSPS) is 10.3. The van der Waals surface area contributed by atoms with Gasteiger partial charge in [0.1, 0.15) is 0 Å². The average Bonchev–Trinajstić information content (AvgIpc) is 2.28. The van der Waals surface area contributed by atoms with Crippen molar-refractivity contribution in [2.24, 2.45) is 5.84 Å². The van der Waals surface area contributed by atoms with Crippen LogP contribution in [0.5, 0.6) is 0 Å². The first-order chi connectivity index (χ1) is 7.61. The van der Waals surface area contributed by atoms with Gasteiger partial charge in [-0.1, -0.05) is 6.07 Å². The summed E-state index contributed by atoms with van der Waals surface area (Å²) in [4.78, 5) is 11.4. The third-order valence-electron chi connectivity index (χ3n) is 1.98. The van der Waals surface area contributed by atoms with Gasteiger partial charge in [0.15, 0.2) is 0 Å². The molecule has 1 aromatic carbocycles. The number of rotatable bonds is 4. The number of nitrogens with two attached hydrogens (primary N) is 1. The van der Waals surface area contributed by atoms with Crippen LogP contribution < -0.4 is 11.3 Å². The number of carbonyl (C=O) groups excluding carboxylic acids is 1. The first-order valence-electron chi connectivity index (χ1n) is 4.66. The van der Waals surface area contributed by atoms with Crippen molar-refractivity contribution in [2.75, 3.05) is 12.0 Å².